The second-order valence-corrected chi connectivity index (χ2v) is 8.44. The second kappa shape index (κ2) is 9.42. The Bertz CT molecular complexity index is 1420. The number of rotatable bonds is 7. The Morgan fingerprint density at radius 1 is 1.25 bits per heavy atom. The van der Waals surface area contributed by atoms with Crippen molar-refractivity contribution in [1.82, 2.24) is 19.2 Å². The number of thioether (sulfide) groups is 1. The Kier molecular flexibility index (Phi) is 6.44. The molecule has 0 aliphatic heterocycles. The average Bonchev–Trinajstić information content (AvgIpc) is 3.22. The van der Waals surface area contributed by atoms with Crippen molar-refractivity contribution in [3.05, 3.63) is 63.4 Å². The fraction of sp³-hybridized carbons (Fsp3) is 0.227. The molecule has 0 aliphatic rings. The molecule has 0 bridgehead atoms. The summed E-state index contributed by atoms with van der Waals surface area (Å²) in [6, 6.07) is 14.0. The predicted molar refractivity (Wildman–Crippen MR) is 125 cm³/mol. The van der Waals surface area contributed by atoms with Gasteiger partial charge >= 0.3 is 0 Å². The number of benzene rings is 2. The highest BCUT2D eigenvalue weighted by Crippen LogP contribution is 2.23. The molecule has 0 aliphatic carbocycles. The molecule has 2 heterocycles. The van der Waals surface area contributed by atoms with Crippen LogP contribution in [0.5, 0.6) is 0 Å². The summed E-state index contributed by atoms with van der Waals surface area (Å²) in [6.07, 6.45) is 1.79. The van der Waals surface area contributed by atoms with Crippen LogP contribution in [-0.4, -0.2) is 30.8 Å². The van der Waals surface area contributed by atoms with E-state index in [-0.39, 0.29) is 22.2 Å². The molecule has 0 spiro atoms. The van der Waals surface area contributed by atoms with Crippen molar-refractivity contribution in [2.45, 2.75) is 31.5 Å². The summed E-state index contributed by atoms with van der Waals surface area (Å²) in [5.41, 5.74) is 1.45. The van der Waals surface area contributed by atoms with E-state index in [2.05, 4.69) is 22.4 Å². The molecular weight excluding hydrogens is 448 g/mol. The number of halogens is 1. The van der Waals surface area contributed by atoms with E-state index in [4.69, 9.17) is 16.9 Å². The summed E-state index contributed by atoms with van der Waals surface area (Å²) in [7, 11) is 0. The van der Waals surface area contributed by atoms with Crippen LogP contribution < -0.4 is 10.9 Å². The molecule has 0 fully saturated rings. The monoisotopic (exact) mass is 466 g/mol. The van der Waals surface area contributed by atoms with Gasteiger partial charge in [-0.05, 0) is 36.8 Å². The lowest BCUT2D eigenvalue weighted by Crippen LogP contribution is -2.23. The smallest absolute Gasteiger partial charge is 0.262 e. The summed E-state index contributed by atoms with van der Waals surface area (Å²) >= 11 is 7.25. The molecular formula is C22H19ClN6O2S. The van der Waals surface area contributed by atoms with Crippen LogP contribution in [0.1, 0.15) is 25.3 Å². The van der Waals surface area contributed by atoms with Crippen LogP contribution in [0.15, 0.2) is 52.4 Å². The summed E-state index contributed by atoms with van der Waals surface area (Å²) in [6.45, 7) is 2.61. The number of aromatic nitrogens is 4. The highest BCUT2D eigenvalue weighted by Gasteiger charge is 2.17. The number of hydrogen-bond acceptors (Lipinski definition) is 6. The summed E-state index contributed by atoms with van der Waals surface area (Å²) in [5, 5.41) is 21.6. The van der Waals surface area contributed by atoms with Crippen LogP contribution in [0, 0.1) is 11.3 Å². The quantitative estimate of drug-likeness (QED) is 0.411. The lowest BCUT2D eigenvalue weighted by Gasteiger charge is -2.11. The van der Waals surface area contributed by atoms with Gasteiger partial charge in [-0.25, -0.2) is 0 Å². The number of anilines is 1. The first kappa shape index (κ1) is 21.9. The molecule has 162 valence electrons. The number of aryl methyl sites for hydroxylation is 1. The highest BCUT2D eigenvalue weighted by molar-refractivity contribution is 7.99. The van der Waals surface area contributed by atoms with Gasteiger partial charge in [0.1, 0.15) is 6.07 Å². The van der Waals surface area contributed by atoms with Gasteiger partial charge in [0.15, 0.2) is 5.16 Å². The van der Waals surface area contributed by atoms with Crippen molar-refractivity contribution in [1.29, 1.82) is 5.26 Å². The fourth-order valence-electron chi connectivity index (χ4n) is 3.36. The van der Waals surface area contributed by atoms with Crippen molar-refractivity contribution < 1.29 is 4.79 Å². The zero-order valence-electron chi connectivity index (χ0n) is 17.2. The number of nitrogens with zero attached hydrogens (tertiary/aromatic N) is 5. The van der Waals surface area contributed by atoms with Gasteiger partial charge in [-0.3, -0.25) is 18.6 Å². The Balaban J connectivity index is 1.62. The zero-order chi connectivity index (χ0) is 22.7. The van der Waals surface area contributed by atoms with Crippen molar-refractivity contribution in [2.24, 2.45) is 0 Å². The van der Waals surface area contributed by atoms with Gasteiger partial charge in [-0.2, -0.15) is 5.26 Å². The normalized spacial score (nSPS) is 11.0. The van der Waals surface area contributed by atoms with E-state index in [1.165, 1.54) is 17.8 Å². The summed E-state index contributed by atoms with van der Waals surface area (Å²) in [5.74, 6) is 0.293. The number of amides is 1. The number of para-hydroxylation sites is 1. The van der Waals surface area contributed by atoms with E-state index < -0.39 is 0 Å². The van der Waals surface area contributed by atoms with Gasteiger partial charge in [0, 0.05) is 12.2 Å². The Hall–Kier alpha value is -3.35. The fourth-order valence-corrected chi connectivity index (χ4v) is 4.32. The number of fused-ring (bicyclic) bond motifs is 3. The summed E-state index contributed by atoms with van der Waals surface area (Å²) < 4.78 is 3.46. The molecule has 2 aromatic carbocycles. The molecule has 2 aromatic heterocycles. The number of carbonyl (C=O) groups excluding carboxylic acids is 1. The zero-order valence-corrected chi connectivity index (χ0v) is 18.8. The number of nitriles is 1. The second-order valence-electron chi connectivity index (χ2n) is 7.09. The lowest BCUT2D eigenvalue weighted by atomic mass is 10.2. The van der Waals surface area contributed by atoms with E-state index in [1.807, 2.05) is 28.7 Å². The molecule has 0 saturated heterocycles. The maximum Gasteiger partial charge on any atom is 0.262 e. The van der Waals surface area contributed by atoms with Gasteiger partial charge in [0.25, 0.3) is 5.56 Å². The molecule has 4 aromatic rings. The van der Waals surface area contributed by atoms with Gasteiger partial charge in [0.2, 0.25) is 11.7 Å². The van der Waals surface area contributed by atoms with Crippen LogP contribution in [-0.2, 0) is 11.3 Å². The number of carbonyl (C=O) groups is 1. The molecule has 0 saturated carbocycles. The van der Waals surface area contributed by atoms with Crippen molar-refractivity contribution in [2.75, 3.05) is 11.1 Å². The Morgan fingerprint density at radius 2 is 2.06 bits per heavy atom. The van der Waals surface area contributed by atoms with Crippen LogP contribution in [0.3, 0.4) is 0 Å². The molecule has 1 N–H and O–H groups in total. The topological polar surface area (TPSA) is 105 Å². The summed E-state index contributed by atoms with van der Waals surface area (Å²) in [4.78, 5) is 25.5. The van der Waals surface area contributed by atoms with Gasteiger partial charge in [-0.1, -0.05) is 48.8 Å². The average molecular weight is 467 g/mol. The first-order chi connectivity index (χ1) is 15.5. The van der Waals surface area contributed by atoms with E-state index in [0.29, 0.717) is 39.6 Å². The van der Waals surface area contributed by atoms with Crippen LogP contribution in [0.4, 0.5) is 5.69 Å². The molecule has 4 rings (SSSR count). The van der Waals surface area contributed by atoms with Gasteiger partial charge < -0.3 is 5.32 Å². The molecule has 32 heavy (non-hydrogen) atoms. The third kappa shape index (κ3) is 4.20. The minimum absolute atomic E-state index is 0.0842. The van der Waals surface area contributed by atoms with Gasteiger partial charge in [-0.15, -0.1) is 10.2 Å². The van der Waals surface area contributed by atoms with Crippen LogP contribution >= 0.6 is 23.4 Å². The maximum atomic E-state index is 13.0. The van der Waals surface area contributed by atoms with Crippen molar-refractivity contribution >= 4 is 51.6 Å². The number of nitrogens with one attached hydrogen (secondary N) is 1. The maximum absolute atomic E-state index is 13.0. The largest absolute Gasteiger partial charge is 0.325 e. The molecule has 8 nitrogen and oxygen atoms in total. The van der Waals surface area contributed by atoms with Crippen LogP contribution in [0.2, 0.25) is 5.02 Å². The Morgan fingerprint density at radius 3 is 2.81 bits per heavy atom. The van der Waals surface area contributed by atoms with E-state index >= 15 is 0 Å². The molecule has 0 atom stereocenters. The first-order valence-corrected chi connectivity index (χ1v) is 11.4. The van der Waals surface area contributed by atoms with Crippen LogP contribution in [0.25, 0.3) is 16.7 Å². The first-order valence-electron chi connectivity index (χ1n) is 10.0. The molecule has 1 amide bonds. The molecule has 0 unspecified atom stereocenters. The minimum atomic E-state index is -0.254. The highest BCUT2D eigenvalue weighted by atomic mass is 35.5. The minimum Gasteiger partial charge on any atom is -0.325 e. The standard InChI is InChI=1S/C22H19ClN6O2S/c1-2-3-10-28-20(31)16-6-4-5-7-18(16)29-21(28)26-27-22(29)32-13-19(30)25-15-9-8-14(12-24)17(23)11-15/h4-9,11H,2-3,10,13H2,1H3,(H,25,30). The number of unbranched alkanes of at least 4 members (excludes halogenated alkanes) is 1. The predicted octanol–water partition coefficient (Wildman–Crippen LogP) is 4.10. The van der Waals surface area contributed by atoms with E-state index in [9.17, 15) is 9.59 Å². The lowest BCUT2D eigenvalue weighted by molar-refractivity contribution is -0.113. The Labute approximate surface area is 192 Å². The van der Waals surface area contributed by atoms with Crippen molar-refractivity contribution in [3.63, 3.8) is 0 Å². The molecule has 10 heteroatoms. The van der Waals surface area contributed by atoms with E-state index in [1.54, 1.807) is 22.8 Å². The van der Waals surface area contributed by atoms with Crippen molar-refractivity contribution in [3.8, 4) is 6.07 Å². The third-order valence-electron chi connectivity index (χ3n) is 4.92. The number of hydrogen-bond donors (Lipinski definition) is 1. The molecule has 0 radical (unpaired) electrons. The third-order valence-corrected chi connectivity index (χ3v) is 6.16. The SMILES string of the molecule is CCCCn1c(=O)c2ccccc2n2c(SCC(=O)Nc3ccc(C#N)c(Cl)c3)nnc12. The van der Waals surface area contributed by atoms with Gasteiger partial charge in [0.05, 0.1) is 27.2 Å². The van der Waals surface area contributed by atoms with E-state index in [0.717, 1.165) is 12.8 Å².